The van der Waals surface area contributed by atoms with Crippen LogP contribution in [0.1, 0.15) is 17.0 Å². The van der Waals surface area contributed by atoms with Crippen LogP contribution in [0.25, 0.3) is 11.1 Å². The molecule has 0 saturated heterocycles. The first-order chi connectivity index (χ1) is 11.5. The average Bonchev–Trinajstić information content (AvgIpc) is 2.85. The first kappa shape index (κ1) is 15.9. The summed E-state index contributed by atoms with van der Waals surface area (Å²) in [6, 6.07) is 15.2. The highest BCUT2D eigenvalue weighted by Gasteiger charge is 2.13. The van der Waals surface area contributed by atoms with Crippen molar-refractivity contribution in [3.05, 3.63) is 87.5 Å². The number of rotatable bonds is 4. The third-order valence-corrected chi connectivity index (χ3v) is 4.25. The predicted molar refractivity (Wildman–Crippen MR) is 91.5 cm³/mol. The van der Waals surface area contributed by atoms with Gasteiger partial charge in [-0.1, -0.05) is 18.2 Å². The Kier molecular flexibility index (Phi) is 4.16. The molecule has 0 bridgehead atoms. The van der Waals surface area contributed by atoms with Gasteiger partial charge in [-0.2, -0.15) is 0 Å². The Hall–Kier alpha value is -2.95. The number of nitro groups is 1. The van der Waals surface area contributed by atoms with Crippen LogP contribution >= 0.6 is 0 Å². The summed E-state index contributed by atoms with van der Waals surface area (Å²) in [7, 11) is 0. The Morgan fingerprint density at radius 1 is 1.08 bits per heavy atom. The zero-order valence-electron chi connectivity index (χ0n) is 13.5. The fraction of sp³-hybridized carbons (Fsp3) is 0.158. The maximum absolute atomic E-state index is 13.9. The van der Waals surface area contributed by atoms with Gasteiger partial charge >= 0.3 is 0 Å². The Labute approximate surface area is 139 Å². The highest BCUT2D eigenvalue weighted by atomic mass is 19.1. The Balaban J connectivity index is 1.97. The maximum atomic E-state index is 13.9. The first-order valence-electron chi connectivity index (χ1n) is 7.62. The van der Waals surface area contributed by atoms with E-state index in [9.17, 15) is 14.5 Å². The zero-order chi connectivity index (χ0) is 17.3. The van der Waals surface area contributed by atoms with Crippen LogP contribution in [0, 0.1) is 29.8 Å². The van der Waals surface area contributed by atoms with E-state index in [1.807, 2.05) is 26.0 Å². The number of aromatic nitrogens is 1. The van der Waals surface area contributed by atoms with Crippen molar-refractivity contribution in [1.82, 2.24) is 4.57 Å². The van der Waals surface area contributed by atoms with Crippen molar-refractivity contribution < 1.29 is 9.31 Å². The molecule has 0 saturated carbocycles. The number of non-ortho nitro benzene ring substituents is 1. The van der Waals surface area contributed by atoms with Gasteiger partial charge in [0.15, 0.2) is 0 Å². The maximum Gasteiger partial charge on any atom is 0.269 e. The molecule has 0 atom stereocenters. The molecular weight excluding hydrogens is 307 g/mol. The van der Waals surface area contributed by atoms with Gasteiger partial charge in [-0.3, -0.25) is 10.1 Å². The number of nitrogens with zero attached hydrogens (tertiary/aromatic N) is 2. The van der Waals surface area contributed by atoms with Gasteiger partial charge in [-0.15, -0.1) is 0 Å². The third kappa shape index (κ3) is 2.93. The molecule has 2 aromatic carbocycles. The lowest BCUT2D eigenvalue weighted by Gasteiger charge is -2.11. The quantitative estimate of drug-likeness (QED) is 0.508. The molecule has 3 aromatic rings. The number of aryl methyl sites for hydroxylation is 1. The SMILES string of the molecule is Cc1cc(-c2ccc([N+](=O)[O-])cc2)c(C)n1Cc1ccccc1F. The Morgan fingerprint density at radius 3 is 2.38 bits per heavy atom. The van der Waals surface area contributed by atoms with Crippen molar-refractivity contribution in [2.24, 2.45) is 0 Å². The molecule has 4 nitrogen and oxygen atoms in total. The van der Waals surface area contributed by atoms with Gasteiger partial charge < -0.3 is 4.57 Å². The molecule has 3 rings (SSSR count). The second-order valence-corrected chi connectivity index (χ2v) is 5.77. The van der Waals surface area contributed by atoms with Crippen molar-refractivity contribution >= 4 is 5.69 Å². The number of hydrogen-bond acceptors (Lipinski definition) is 2. The van der Waals surface area contributed by atoms with Gasteiger partial charge in [0.05, 0.1) is 11.5 Å². The van der Waals surface area contributed by atoms with Crippen LogP contribution in [0.3, 0.4) is 0 Å². The minimum absolute atomic E-state index is 0.0684. The molecule has 0 aliphatic heterocycles. The molecule has 1 aromatic heterocycles. The second-order valence-electron chi connectivity index (χ2n) is 5.77. The van der Waals surface area contributed by atoms with Gasteiger partial charge in [0, 0.05) is 34.6 Å². The highest BCUT2D eigenvalue weighted by Crippen LogP contribution is 2.29. The number of hydrogen-bond donors (Lipinski definition) is 0. The largest absolute Gasteiger partial charge is 0.344 e. The molecule has 0 fully saturated rings. The lowest BCUT2D eigenvalue weighted by molar-refractivity contribution is -0.384. The van der Waals surface area contributed by atoms with E-state index in [-0.39, 0.29) is 11.5 Å². The van der Waals surface area contributed by atoms with Gasteiger partial charge in [-0.05, 0) is 43.7 Å². The van der Waals surface area contributed by atoms with Crippen molar-refractivity contribution in [3.63, 3.8) is 0 Å². The molecule has 0 amide bonds. The molecule has 0 spiro atoms. The van der Waals surface area contributed by atoms with E-state index < -0.39 is 4.92 Å². The van der Waals surface area contributed by atoms with Gasteiger partial charge in [0.1, 0.15) is 5.82 Å². The van der Waals surface area contributed by atoms with E-state index in [0.717, 1.165) is 22.5 Å². The van der Waals surface area contributed by atoms with Crippen LogP contribution < -0.4 is 0 Å². The first-order valence-corrected chi connectivity index (χ1v) is 7.62. The number of nitro benzene ring substituents is 1. The van der Waals surface area contributed by atoms with E-state index in [1.54, 1.807) is 24.3 Å². The van der Waals surface area contributed by atoms with Crippen molar-refractivity contribution in [1.29, 1.82) is 0 Å². The highest BCUT2D eigenvalue weighted by molar-refractivity contribution is 5.68. The summed E-state index contributed by atoms with van der Waals surface area (Å²) in [6.45, 7) is 4.41. The summed E-state index contributed by atoms with van der Waals surface area (Å²) in [5.74, 6) is -0.220. The lowest BCUT2D eigenvalue weighted by atomic mass is 10.1. The van der Waals surface area contributed by atoms with Crippen LogP contribution in [0.2, 0.25) is 0 Å². The molecule has 122 valence electrons. The van der Waals surface area contributed by atoms with Crippen LogP contribution in [-0.2, 0) is 6.54 Å². The molecular formula is C19H17FN2O2. The molecule has 0 unspecified atom stereocenters. The summed E-state index contributed by atoms with van der Waals surface area (Å²) < 4.78 is 16.0. The third-order valence-electron chi connectivity index (χ3n) is 4.25. The van der Waals surface area contributed by atoms with Gasteiger partial charge in [0.25, 0.3) is 5.69 Å². The average molecular weight is 324 g/mol. The normalized spacial score (nSPS) is 10.8. The molecule has 0 aliphatic rings. The molecule has 5 heteroatoms. The minimum atomic E-state index is -0.411. The van der Waals surface area contributed by atoms with Crippen molar-refractivity contribution in [2.45, 2.75) is 20.4 Å². The van der Waals surface area contributed by atoms with Gasteiger partial charge in [-0.25, -0.2) is 4.39 Å². The molecule has 24 heavy (non-hydrogen) atoms. The van der Waals surface area contributed by atoms with Crippen molar-refractivity contribution in [3.8, 4) is 11.1 Å². The van der Waals surface area contributed by atoms with E-state index in [0.29, 0.717) is 12.1 Å². The standard InChI is InChI=1S/C19H17FN2O2/c1-13-11-18(15-7-9-17(10-8-15)22(23)24)14(2)21(13)12-16-5-3-4-6-19(16)20/h3-11H,12H2,1-2H3. The van der Waals surface area contributed by atoms with Crippen molar-refractivity contribution in [2.75, 3.05) is 0 Å². The zero-order valence-corrected chi connectivity index (χ0v) is 13.5. The fourth-order valence-electron chi connectivity index (χ4n) is 2.90. The van der Waals surface area contributed by atoms with Crippen LogP contribution in [0.4, 0.5) is 10.1 Å². The Morgan fingerprint density at radius 2 is 1.75 bits per heavy atom. The summed E-state index contributed by atoms with van der Waals surface area (Å²) in [6.07, 6.45) is 0. The summed E-state index contributed by atoms with van der Waals surface area (Å²) in [5, 5.41) is 10.8. The summed E-state index contributed by atoms with van der Waals surface area (Å²) in [5.41, 5.74) is 4.63. The monoisotopic (exact) mass is 324 g/mol. The summed E-state index contributed by atoms with van der Waals surface area (Å²) in [4.78, 5) is 10.4. The van der Waals surface area contributed by atoms with Gasteiger partial charge in [0.2, 0.25) is 0 Å². The van der Waals surface area contributed by atoms with E-state index in [1.165, 1.54) is 18.2 Å². The number of benzene rings is 2. The van der Waals surface area contributed by atoms with Crippen LogP contribution in [-0.4, -0.2) is 9.49 Å². The minimum Gasteiger partial charge on any atom is -0.344 e. The Bertz CT molecular complexity index is 898. The van der Waals surface area contributed by atoms with E-state index in [4.69, 9.17) is 0 Å². The number of halogens is 1. The second kappa shape index (κ2) is 6.28. The summed E-state index contributed by atoms with van der Waals surface area (Å²) >= 11 is 0. The smallest absolute Gasteiger partial charge is 0.269 e. The molecule has 0 radical (unpaired) electrons. The molecule has 1 heterocycles. The fourth-order valence-corrected chi connectivity index (χ4v) is 2.90. The predicted octanol–water partition coefficient (Wildman–Crippen LogP) is 4.87. The van der Waals surface area contributed by atoms with E-state index >= 15 is 0 Å². The van der Waals surface area contributed by atoms with E-state index in [2.05, 4.69) is 4.57 Å². The van der Waals surface area contributed by atoms with Crippen LogP contribution in [0.15, 0.2) is 54.6 Å². The molecule has 0 aliphatic carbocycles. The molecule has 0 N–H and O–H groups in total. The topological polar surface area (TPSA) is 48.1 Å². The lowest BCUT2D eigenvalue weighted by Crippen LogP contribution is -2.05. The van der Waals surface area contributed by atoms with Crippen LogP contribution in [0.5, 0.6) is 0 Å².